The predicted octanol–water partition coefficient (Wildman–Crippen LogP) is 3.34. The van der Waals surface area contributed by atoms with Gasteiger partial charge in [0.2, 0.25) is 5.91 Å². The lowest BCUT2D eigenvalue weighted by molar-refractivity contribution is -0.384. The lowest BCUT2D eigenvalue weighted by Gasteiger charge is -2.36. The van der Waals surface area contributed by atoms with E-state index in [0.717, 1.165) is 19.6 Å². The van der Waals surface area contributed by atoms with E-state index < -0.39 is 4.92 Å². The minimum Gasteiger partial charge on any atom is -0.362 e. The molecule has 2 aromatic carbocycles. The van der Waals surface area contributed by atoms with E-state index in [-0.39, 0.29) is 17.5 Å². The maximum Gasteiger partial charge on any atom is 0.293 e. The largest absolute Gasteiger partial charge is 0.362 e. The topological polar surface area (TPSA) is 90.2 Å². The maximum absolute atomic E-state index is 13.2. The second-order valence-corrected chi connectivity index (χ2v) is 9.92. The van der Waals surface area contributed by atoms with Crippen molar-refractivity contribution in [1.82, 2.24) is 14.7 Å². The summed E-state index contributed by atoms with van der Waals surface area (Å²) in [5.74, 6) is 0.344. The third kappa shape index (κ3) is 5.84. The fourth-order valence-corrected chi connectivity index (χ4v) is 4.89. The zero-order chi connectivity index (χ0) is 25.8. The third-order valence-electron chi connectivity index (χ3n) is 7.20. The van der Waals surface area contributed by atoms with Crippen LogP contribution in [0, 0.1) is 10.1 Å². The van der Waals surface area contributed by atoms with Gasteiger partial charge < -0.3 is 14.7 Å². The van der Waals surface area contributed by atoms with Gasteiger partial charge >= 0.3 is 0 Å². The minimum atomic E-state index is -0.425. The van der Waals surface area contributed by atoms with Crippen LogP contribution in [0.25, 0.3) is 0 Å². The Bertz CT molecular complexity index is 1100. The summed E-state index contributed by atoms with van der Waals surface area (Å²) in [6.07, 6.45) is 0. The number of amides is 2. The molecule has 0 saturated carbocycles. The molecule has 0 spiro atoms. The average molecular weight is 494 g/mol. The molecule has 2 saturated heterocycles. The Morgan fingerprint density at radius 2 is 1.50 bits per heavy atom. The second kappa shape index (κ2) is 11.1. The first-order valence-electron chi connectivity index (χ1n) is 12.6. The molecular weight excluding hydrogens is 458 g/mol. The second-order valence-electron chi connectivity index (χ2n) is 9.92. The lowest BCUT2D eigenvalue weighted by atomic mass is 10.0. The van der Waals surface area contributed by atoms with Crippen LogP contribution in [0.5, 0.6) is 0 Å². The summed E-state index contributed by atoms with van der Waals surface area (Å²) in [7, 11) is 0. The van der Waals surface area contributed by atoms with E-state index in [1.807, 2.05) is 4.90 Å². The number of hydrogen-bond acceptors (Lipinski definition) is 6. The van der Waals surface area contributed by atoms with Crippen molar-refractivity contribution in [1.29, 1.82) is 0 Å². The highest BCUT2D eigenvalue weighted by Crippen LogP contribution is 2.31. The van der Waals surface area contributed by atoms with Crippen molar-refractivity contribution in [2.24, 2.45) is 0 Å². The van der Waals surface area contributed by atoms with Gasteiger partial charge in [-0.1, -0.05) is 38.1 Å². The van der Waals surface area contributed by atoms with Crippen LogP contribution in [-0.4, -0.2) is 83.8 Å². The summed E-state index contributed by atoms with van der Waals surface area (Å²) < 4.78 is 0. The highest BCUT2D eigenvalue weighted by molar-refractivity contribution is 5.96. The zero-order valence-corrected chi connectivity index (χ0v) is 21.4. The first kappa shape index (κ1) is 25.6. The van der Waals surface area contributed by atoms with Gasteiger partial charge in [0.05, 0.1) is 4.92 Å². The van der Waals surface area contributed by atoms with Crippen molar-refractivity contribution in [2.75, 3.05) is 57.3 Å². The number of carbonyl (C=O) groups is 2. The summed E-state index contributed by atoms with van der Waals surface area (Å²) >= 11 is 0. The number of hydrogen-bond donors (Lipinski definition) is 0. The van der Waals surface area contributed by atoms with Crippen LogP contribution in [-0.2, 0) is 11.3 Å². The molecule has 0 aliphatic carbocycles. The molecule has 0 radical (unpaired) electrons. The molecule has 0 unspecified atom stereocenters. The Kier molecular flexibility index (Phi) is 7.88. The molecule has 9 nitrogen and oxygen atoms in total. The fourth-order valence-electron chi connectivity index (χ4n) is 4.89. The standard InChI is InChI=1S/C27H35N5O4/c1-20(2)23-6-4-22(5-7-23)19-28-10-12-31(13-11-28)27(34)24-8-9-25(26(18-24)32(35)36)30-16-14-29(15-17-30)21(3)33/h4-9,18,20H,10-17,19H2,1-3H3. The normalized spacial score (nSPS) is 16.9. The molecule has 9 heteroatoms. The number of nitrogens with zero attached hydrogens (tertiary/aromatic N) is 5. The molecule has 4 rings (SSSR count). The molecule has 2 aliphatic heterocycles. The Morgan fingerprint density at radius 1 is 0.889 bits per heavy atom. The summed E-state index contributed by atoms with van der Waals surface area (Å²) in [5.41, 5.74) is 3.35. The van der Waals surface area contributed by atoms with E-state index in [0.29, 0.717) is 56.4 Å². The van der Waals surface area contributed by atoms with Crippen molar-refractivity contribution in [3.63, 3.8) is 0 Å². The molecule has 0 aromatic heterocycles. The molecule has 2 aliphatic rings. The van der Waals surface area contributed by atoms with Crippen LogP contribution in [0.3, 0.4) is 0 Å². The maximum atomic E-state index is 13.2. The number of anilines is 1. The molecule has 0 atom stereocenters. The Morgan fingerprint density at radius 3 is 2.06 bits per heavy atom. The molecule has 0 N–H and O–H groups in total. The van der Waals surface area contributed by atoms with E-state index >= 15 is 0 Å². The van der Waals surface area contributed by atoms with Crippen molar-refractivity contribution in [3.8, 4) is 0 Å². The Balaban J connectivity index is 1.37. The first-order valence-corrected chi connectivity index (χ1v) is 12.6. The zero-order valence-electron chi connectivity index (χ0n) is 21.4. The number of nitro benzene ring substituents is 1. The number of piperazine rings is 2. The molecular formula is C27H35N5O4. The number of nitro groups is 1. The van der Waals surface area contributed by atoms with E-state index in [2.05, 4.69) is 43.0 Å². The van der Waals surface area contributed by atoms with E-state index in [9.17, 15) is 19.7 Å². The molecule has 2 fully saturated rings. The van der Waals surface area contributed by atoms with Gasteiger partial charge in [0.15, 0.2) is 0 Å². The average Bonchev–Trinajstić information content (AvgIpc) is 2.88. The van der Waals surface area contributed by atoms with Gasteiger partial charge in [0.1, 0.15) is 5.69 Å². The van der Waals surface area contributed by atoms with Crippen LogP contribution in [0.4, 0.5) is 11.4 Å². The molecule has 0 bridgehead atoms. The lowest BCUT2D eigenvalue weighted by Crippen LogP contribution is -2.48. The van der Waals surface area contributed by atoms with Crippen molar-refractivity contribution in [2.45, 2.75) is 33.2 Å². The van der Waals surface area contributed by atoms with E-state index in [4.69, 9.17) is 0 Å². The summed E-state index contributed by atoms with van der Waals surface area (Å²) in [6, 6.07) is 13.5. The summed E-state index contributed by atoms with van der Waals surface area (Å²) in [4.78, 5) is 43.9. The monoisotopic (exact) mass is 493 g/mol. The van der Waals surface area contributed by atoms with Crippen molar-refractivity contribution >= 4 is 23.2 Å². The minimum absolute atomic E-state index is 0.00854. The van der Waals surface area contributed by atoms with Gasteiger partial charge in [-0.15, -0.1) is 0 Å². The molecule has 2 heterocycles. The molecule has 2 amide bonds. The number of carbonyl (C=O) groups excluding carboxylic acids is 2. The van der Waals surface area contributed by atoms with Crippen LogP contribution >= 0.6 is 0 Å². The van der Waals surface area contributed by atoms with E-state index in [1.165, 1.54) is 24.1 Å². The fraction of sp³-hybridized carbons (Fsp3) is 0.481. The highest BCUT2D eigenvalue weighted by atomic mass is 16.6. The van der Waals surface area contributed by atoms with Crippen LogP contribution < -0.4 is 4.90 Å². The third-order valence-corrected chi connectivity index (χ3v) is 7.20. The van der Waals surface area contributed by atoms with Crippen LogP contribution in [0.2, 0.25) is 0 Å². The SMILES string of the molecule is CC(=O)N1CCN(c2ccc(C(=O)N3CCN(Cc4ccc(C(C)C)cc4)CC3)cc2[N+](=O)[O-])CC1. The van der Waals surface area contributed by atoms with Crippen molar-refractivity contribution < 1.29 is 14.5 Å². The van der Waals surface area contributed by atoms with Gasteiger partial charge in [0, 0.05) is 77.5 Å². The number of benzene rings is 2. The van der Waals surface area contributed by atoms with Crippen molar-refractivity contribution in [3.05, 3.63) is 69.3 Å². The van der Waals surface area contributed by atoms with Gasteiger partial charge in [-0.05, 0) is 29.2 Å². The molecule has 36 heavy (non-hydrogen) atoms. The first-order chi connectivity index (χ1) is 17.2. The van der Waals surface area contributed by atoms with Gasteiger partial charge in [0.25, 0.3) is 11.6 Å². The quantitative estimate of drug-likeness (QED) is 0.453. The predicted molar refractivity (Wildman–Crippen MR) is 139 cm³/mol. The highest BCUT2D eigenvalue weighted by Gasteiger charge is 2.28. The van der Waals surface area contributed by atoms with Gasteiger partial charge in [-0.2, -0.15) is 0 Å². The molecule has 2 aromatic rings. The van der Waals surface area contributed by atoms with Gasteiger partial charge in [-0.3, -0.25) is 24.6 Å². The smallest absolute Gasteiger partial charge is 0.293 e. The summed E-state index contributed by atoms with van der Waals surface area (Å²) in [5, 5.41) is 11.8. The van der Waals surface area contributed by atoms with Gasteiger partial charge in [-0.25, -0.2) is 0 Å². The Labute approximate surface area is 212 Å². The van der Waals surface area contributed by atoms with E-state index in [1.54, 1.807) is 21.9 Å². The van der Waals surface area contributed by atoms with Crippen LogP contribution in [0.1, 0.15) is 48.2 Å². The molecule has 192 valence electrons. The number of rotatable bonds is 6. The van der Waals surface area contributed by atoms with Crippen LogP contribution in [0.15, 0.2) is 42.5 Å². The summed E-state index contributed by atoms with van der Waals surface area (Å²) in [6.45, 7) is 11.5. The Hall–Kier alpha value is -3.46.